The third-order valence-corrected chi connectivity index (χ3v) is 3.11. The number of methoxy groups -OCH3 is 1. The maximum atomic E-state index is 11.2. The highest BCUT2D eigenvalue weighted by Crippen LogP contribution is 2.22. The van der Waals surface area contributed by atoms with Crippen LogP contribution in [0.3, 0.4) is 0 Å². The number of carbonyl (C=O) groups excluding carboxylic acids is 1. The minimum absolute atomic E-state index is 0.238. The number of rotatable bonds is 4. The molecule has 1 unspecified atom stereocenters. The lowest BCUT2D eigenvalue weighted by Crippen LogP contribution is -2.39. The standard InChI is InChI=1S/C13H25NO2/c1-10(12(15)16-7)8-9-14(6)11(2)13(3,4)5/h8,11H,9H2,1-7H3. The van der Waals surface area contributed by atoms with Crippen molar-refractivity contribution in [1.29, 1.82) is 0 Å². The average molecular weight is 227 g/mol. The van der Waals surface area contributed by atoms with Gasteiger partial charge in [-0.15, -0.1) is 0 Å². The molecule has 0 saturated heterocycles. The number of likely N-dealkylation sites (N-methyl/N-ethyl adjacent to an activating group) is 1. The van der Waals surface area contributed by atoms with Crippen LogP contribution in [-0.2, 0) is 9.53 Å². The number of ether oxygens (including phenoxy) is 1. The molecule has 0 heterocycles. The minimum Gasteiger partial charge on any atom is -0.466 e. The molecule has 0 aromatic rings. The summed E-state index contributed by atoms with van der Waals surface area (Å²) in [5, 5.41) is 0. The zero-order valence-electron chi connectivity index (χ0n) is 11.6. The van der Waals surface area contributed by atoms with Crippen molar-refractivity contribution >= 4 is 5.97 Å². The van der Waals surface area contributed by atoms with E-state index in [0.717, 1.165) is 6.54 Å². The third-order valence-electron chi connectivity index (χ3n) is 3.11. The average Bonchev–Trinajstić information content (AvgIpc) is 2.21. The fourth-order valence-corrected chi connectivity index (χ4v) is 1.34. The topological polar surface area (TPSA) is 29.5 Å². The van der Waals surface area contributed by atoms with Crippen LogP contribution in [0.5, 0.6) is 0 Å². The van der Waals surface area contributed by atoms with Gasteiger partial charge in [-0.25, -0.2) is 4.79 Å². The highest BCUT2D eigenvalue weighted by molar-refractivity contribution is 5.87. The van der Waals surface area contributed by atoms with Gasteiger partial charge in [0.05, 0.1) is 7.11 Å². The molecule has 0 aromatic heterocycles. The maximum absolute atomic E-state index is 11.2. The number of esters is 1. The van der Waals surface area contributed by atoms with Crippen LogP contribution in [0.1, 0.15) is 34.6 Å². The maximum Gasteiger partial charge on any atom is 0.333 e. The molecule has 0 amide bonds. The Kier molecular flexibility index (Phi) is 5.73. The molecule has 0 radical (unpaired) electrons. The molecular formula is C13H25NO2. The van der Waals surface area contributed by atoms with Gasteiger partial charge in [0.1, 0.15) is 0 Å². The zero-order valence-corrected chi connectivity index (χ0v) is 11.6. The van der Waals surface area contributed by atoms with E-state index in [1.54, 1.807) is 6.92 Å². The van der Waals surface area contributed by atoms with Crippen LogP contribution < -0.4 is 0 Å². The SMILES string of the molecule is COC(=O)C(C)=CCN(C)C(C)C(C)(C)C. The molecule has 0 saturated carbocycles. The third kappa shape index (κ3) is 4.79. The molecule has 0 bridgehead atoms. The van der Waals surface area contributed by atoms with Crippen LogP contribution >= 0.6 is 0 Å². The summed E-state index contributed by atoms with van der Waals surface area (Å²) in [4.78, 5) is 13.4. The molecule has 0 aliphatic heterocycles. The van der Waals surface area contributed by atoms with Gasteiger partial charge < -0.3 is 4.74 Å². The van der Waals surface area contributed by atoms with E-state index < -0.39 is 0 Å². The highest BCUT2D eigenvalue weighted by atomic mass is 16.5. The van der Waals surface area contributed by atoms with E-state index in [1.165, 1.54) is 7.11 Å². The Bertz CT molecular complexity index is 264. The smallest absolute Gasteiger partial charge is 0.333 e. The summed E-state index contributed by atoms with van der Waals surface area (Å²) in [6.45, 7) is 11.4. The molecule has 0 spiro atoms. The number of carbonyl (C=O) groups is 1. The Hall–Kier alpha value is -0.830. The van der Waals surface area contributed by atoms with Crippen molar-refractivity contribution in [3.63, 3.8) is 0 Å². The molecule has 16 heavy (non-hydrogen) atoms. The van der Waals surface area contributed by atoms with Crippen molar-refractivity contribution in [2.75, 3.05) is 20.7 Å². The molecule has 0 N–H and O–H groups in total. The van der Waals surface area contributed by atoms with Crippen LogP contribution in [-0.4, -0.2) is 37.6 Å². The Balaban J connectivity index is 4.37. The van der Waals surface area contributed by atoms with Gasteiger partial charge in [0.15, 0.2) is 0 Å². The lowest BCUT2D eigenvalue weighted by Gasteiger charge is -2.34. The molecule has 94 valence electrons. The Morgan fingerprint density at radius 2 is 1.94 bits per heavy atom. The number of hydrogen-bond acceptors (Lipinski definition) is 3. The van der Waals surface area contributed by atoms with Crippen LogP contribution in [0.25, 0.3) is 0 Å². The van der Waals surface area contributed by atoms with Gasteiger partial charge in [0.2, 0.25) is 0 Å². The largest absolute Gasteiger partial charge is 0.466 e. The summed E-state index contributed by atoms with van der Waals surface area (Å²) < 4.78 is 4.65. The fraction of sp³-hybridized carbons (Fsp3) is 0.769. The van der Waals surface area contributed by atoms with E-state index in [2.05, 4.69) is 44.4 Å². The van der Waals surface area contributed by atoms with Gasteiger partial charge >= 0.3 is 5.97 Å². The first-order valence-electron chi connectivity index (χ1n) is 5.65. The van der Waals surface area contributed by atoms with Gasteiger partial charge in [-0.1, -0.05) is 26.8 Å². The van der Waals surface area contributed by atoms with Crippen molar-refractivity contribution in [1.82, 2.24) is 4.90 Å². The van der Waals surface area contributed by atoms with E-state index >= 15 is 0 Å². The van der Waals surface area contributed by atoms with Gasteiger partial charge in [0.25, 0.3) is 0 Å². The lowest BCUT2D eigenvalue weighted by molar-refractivity contribution is -0.136. The Labute approximate surface area is 99.5 Å². The van der Waals surface area contributed by atoms with Crippen molar-refractivity contribution in [2.24, 2.45) is 5.41 Å². The normalized spacial score (nSPS) is 15.1. The van der Waals surface area contributed by atoms with Crippen molar-refractivity contribution in [3.8, 4) is 0 Å². The van der Waals surface area contributed by atoms with E-state index in [0.29, 0.717) is 11.6 Å². The molecule has 3 nitrogen and oxygen atoms in total. The molecule has 0 aliphatic carbocycles. The quantitative estimate of drug-likeness (QED) is 0.546. The Morgan fingerprint density at radius 3 is 2.31 bits per heavy atom. The molecule has 0 fully saturated rings. The molecule has 0 aliphatic rings. The Morgan fingerprint density at radius 1 is 1.44 bits per heavy atom. The van der Waals surface area contributed by atoms with Gasteiger partial charge in [-0.3, -0.25) is 4.90 Å². The summed E-state index contributed by atoms with van der Waals surface area (Å²) in [6.07, 6.45) is 1.91. The number of nitrogens with zero attached hydrogens (tertiary/aromatic N) is 1. The van der Waals surface area contributed by atoms with Gasteiger partial charge in [-0.2, -0.15) is 0 Å². The first kappa shape index (κ1) is 15.2. The monoisotopic (exact) mass is 227 g/mol. The summed E-state index contributed by atoms with van der Waals surface area (Å²) in [5.74, 6) is -0.253. The molecule has 1 atom stereocenters. The summed E-state index contributed by atoms with van der Waals surface area (Å²) in [6, 6.07) is 0.453. The van der Waals surface area contributed by atoms with E-state index in [-0.39, 0.29) is 11.4 Å². The van der Waals surface area contributed by atoms with Gasteiger partial charge in [-0.05, 0) is 26.3 Å². The molecule has 3 heteroatoms. The minimum atomic E-state index is -0.253. The fourth-order valence-electron chi connectivity index (χ4n) is 1.34. The highest BCUT2D eigenvalue weighted by Gasteiger charge is 2.23. The first-order valence-corrected chi connectivity index (χ1v) is 5.65. The van der Waals surface area contributed by atoms with Crippen LogP contribution in [0.4, 0.5) is 0 Å². The van der Waals surface area contributed by atoms with Crippen LogP contribution in [0, 0.1) is 5.41 Å². The van der Waals surface area contributed by atoms with E-state index in [9.17, 15) is 4.79 Å². The van der Waals surface area contributed by atoms with Gasteiger partial charge in [0, 0.05) is 18.2 Å². The molecule has 0 aromatic carbocycles. The summed E-state index contributed by atoms with van der Waals surface area (Å²) >= 11 is 0. The first-order chi connectivity index (χ1) is 7.20. The van der Waals surface area contributed by atoms with Crippen molar-refractivity contribution in [2.45, 2.75) is 40.7 Å². The van der Waals surface area contributed by atoms with Crippen LogP contribution in [0.15, 0.2) is 11.6 Å². The summed E-state index contributed by atoms with van der Waals surface area (Å²) in [5.41, 5.74) is 0.900. The van der Waals surface area contributed by atoms with Crippen molar-refractivity contribution in [3.05, 3.63) is 11.6 Å². The molecule has 0 rings (SSSR count). The second-order valence-electron chi connectivity index (χ2n) is 5.36. The predicted molar refractivity (Wildman–Crippen MR) is 67.3 cm³/mol. The predicted octanol–water partition coefficient (Wildman–Crippen LogP) is 2.47. The van der Waals surface area contributed by atoms with Crippen molar-refractivity contribution < 1.29 is 9.53 Å². The second-order valence-corrected chi connectivity index (χ2v) is 5.36. The lowest BCUT2D eigenvalue weighted by atomic mass is 9.87. The van der Waals surface area contributed by atoms with E-state index in [4.69, 9.17) is 0 Å². The number of hydrogen-bond donors (Lipinski definition) is 0. The summed E-state index contributed by atoms with van der Waals surface area (Å²) in [7, 11) is 3.47. The second kappa shape index (κ2) is 6.04. The zero-order chi connectivity index (χ0) is 12.9. The van der Waals surface area contributed by atoms with E-state index in [1.807, 2.05) is 6.08 Å². The molecular weight excluding hydrogens is 202 g/mol. The van der Waals surface area contributed by atoms with Crippen LogP contribution in [0.2, 0.25) is 0 Å².